The monoisotopic (exact) mass is 394 g/mol. The Morgan fingerprint density at radius 2 is 1.67 bits per heavy atom. The normalized spacial score (nSPS) is 11.8. The smallest absolute Gasteiger partial charge is 0.263 e. The van der Waals surface area contributed by atoms with Crippen LogP contribution in [0.25, 0.3) is 38.1 Å². The second-order valence-corrected chi connectivity index (χ2v) is 7.30. The van der Waals surface area contributed by atoms with Crippen LogP contribution in [0.2, 0.25) is 0 Å². The Bertz CT molecular complexity index is 1640. The molecule has 0 aliphatic carbocycles. The molecular weight excluding hydrogens is 379 g/mol. The molecule has 0 saturated heterocycles. The molecule has 0 radical (unpaired) electrons. The molecule has 0 atom stereocenters. The minimum Gasteiger partial charge on any atom is -0.489 e. The maximum atomic E-state index is 13.9. The minimum absolute atomic E-state index is 0.0638. The van der Waals surface area contributed by atoms with Gasteiger partial charge in [0.2, 0.25) is 0 Å². The van der Waals surface area contributed by atoms with Gasteiger partial charge in [-0.2, -0.15) is 0 Å². The van der Waals surface area contributed by atoms with Crippen molar-refractivity contribution in [1.82, 2.24) is 9.38 Å². The van der Waals surface area contributed by atoms with Crippen molar-refractivity contribution in [2.45, 2.75) is 6.61 Å². The average Bonchev–Trinajstić information content (AvgIpc) is 3.12. The zero-order valence-corrected chi connectivity index (χ0v) is 15.8. The number of rotatable bonds is 3. The van der Waals surface area contributed by atoms with Crippen molar-refractivity contribution in [3.63, 3.8) is 0 Å². The van der Waals surface area contributed by atoms with E-state index in [1.165, 1.54) is 6.07 Å². The van der Waals surface area contributed by atoms with E-state index in [4.69, 9.17) is 4.74 Å². The van der Waals surface area contributed by atoms with E-state index in [9.17, 15) is 9.18 Å². The molecule has 4 nitrogen and oxygen atoms in total. The maximum Gasteiger partial charge on any atom is 0.263 e. The number of aromatic nitrogens is 2. The number of benzene rings is 3. The van der Waals surface area contributed by atoms with Gasteiger partial charge in [-0.05, 0) is 36.4 Å². The lowest BCUT2D eigenvalue weighted by atomic mass is 10.1. The molecule has 3 aromatic carbocycles. The van der Waals surface area contributed by atoms with Crippen LogP contribution in [0, 0.1) is 5.82 Å². The van der Waals surface area contributed by atoms with Gasteiger partial charge in [-0.3, -0.25) is 14.2 Å². The number of hydrogen-bond acceptors (Lipinski definition) is 3. The molecule has 3 aromatic heterocycles. The molecule has 0 unspecified atom stereocenters. The fraction of sp³-hybridized carbons (Fsp3) is 0.0400. The van der Waals surface area contributed by atoms with Gasteiger partial charge in [-0.15, -0.1) is 0 Å². The number of nitrogens with zero attached hydrogens (tertiary/aromatic N) is 2. The fourth-order valence-corrected chi connectivity index (χ4v) is 4.21. The van der Waals surface area contributed by atoms with Gasteiger partial charge >= 0.3 is 0 Å². The van der Waals surface area contributed by atoms with Crippen molar-refractivity contribution in [1.29, 1.82) is 0 Å². The molecule has 0 saturated carbocycles. The molecule has 0 bridgehead atoms. The Balaban J connectivity index is 1.58. The van der Waals surface area contributed by atoms with E-state index < -0.39 is 0 Å². The highest BCUT2D eigenvalue weighted by Gasteiger charge is 2.18. The van der Waals surface area contributed by atoms with Crippen LogP contribution in [-0.4, -0.2) is 9.38 Å². The van der Waals surface area contributed by atoms with Crippen LogP contribution in [0.5, 0.6) is 5.75 Å². The lowest BCUT2D eigenvalue weighted by Crippen LogP contribution is -2.13. The van der Waals surface area contributed by atoms with E-state index >= 15 is 0 Å². The topological polar surface area (TPSA) is 43.6 Å². The third kappa shape index (κ3) is 2.32. The number of pyridine rings is 2. The zero-order chi connectivity index (χ0) is 20.2. The highest BCUT2D eigenvalue weighted by molar-refractivity contribution is 6.18. The Morgan fingerprint density at radius 1 is 0.867 bits per heavy atom. The summed E-state index contributed by atoms with van der Waals surface area (Å²) in [7, 11) is 0. The molecule has 0 amide bonds. The molecule has 0 N–H and O–H groups in total. The number of ether oxygens (including phenoxy) is 1. The average molecular weight is 394 g/mol. The summed E-state index contributed by atoms with van der Waals surface area (Å²) in [6.07, 6.45) is 1.76. The first kappa shape index (κ1) is 16.9. The largest absolute Gasteiger partial charge is 0.489 e. The van der Waals surface area contributed by atoms with Gasteiger partial charge in [0, 0.05) is 33.3 Å². The van der Waals surface area contributed by atoms with Gasteiger partial charge in [0.05, 0.1) is 16.6 Å². The van der Waals surface area contributed by atoms with Crippen LogP contribution in [0.1, 0.15) is 5.56 Å². The molecule has 0 fully saturated rings. The van der Waals surface area contributed by atoms with Crippen LogP contribution in [-0.2, 0) is 6.61 Å². The SMILES string of the molecule is O=c1c2ccccc2c2nccc3c4cc(OCc5ccccc5F)ccc4n1c32. The van der Waals surface area contributed by atoms with Gasteiger partial charge in [-0.1, -0.05) is 36.4 Å². The molecule has 0 aliphatic rings. The summed E-state index contributed by atoms with van der Waals surface area (Å²) >= 11 is 0. The summed E-state index contributed by atoms with van der Waals surface area (Å²) in [5.74, 6) is 0.326. The summed E-state index contributed by atoms with van der Waals surface area (Å²) < 4.78 is 21.5. The maximum absolute atomic E-state index is 13.9. The van der Waals surface area contributed by atoms with E-state index in [-0.39, 0.29) is 18.0 Å². The van der Waals surface area contributed by atoms with Gasteiger partial charge in [0.15, 0.2) is 0 Å². The Kier molecular flexibility index (Phi) is 3.53. The lowest BCUT2D eigenvalue weighted by molar-refractivity contribution is 0.300. The van der Waals surface area contributed by atoms with Gasteiger partial charge < -0.3 is 4.74 Å². The third-order valence-electron chi connectivity index (χ3n) is 5.61. The number of hydrogen-bond donors (Lipinski definition) is 0. The first-order chi connectivity index (χ1) is 14.7. The highest BCUT2D eigenvalue weighted by atomic mass is 19.1. The number of fused-ring (bicyclic) bond motifs is 5. The van der Waals surface area contributed by atoms with Crippen LogP contribution < -0.4 is 10.3 Å². The first-order valence-electron chi connectivity index (χ1n) is 9.66. The van der Waals surface area contributed by atoms with Crippen LogP contribution >= 0.6 is 0 Å². The Morgan fingerprint density at radius 3 is 2.53 bits per heavy atom. The zero-order valence-electron chi connectivity index (χ0n) is 15.8. The van der Waals surface area contributed by atoms with Crippen molar-refractivity contribution in [2.75, 3.05) is 0 Å². The quantitative estimate of drug-likeness (QED) is 0.382. The van der Waals surface area contributed by atoms with Gasteiger partial charge in [0.25, 0.3) is 5.56 Å². The summed E-state index contributed by atoms with van der Waals surface area (Å²) in [5.41, 5.74) is 2.84. The molecular formula is C25H15FN2O2. The van der Waals surface area contributed by atoms with E-state index in [0.29, 0.717) is 16.7 Å². The molecule has 0 spiro atoms. The summed E-state index contributed by atoms with van der Waals surface area (Å²) in [4.78, 5) is 17.8. The number of halogens is 1. The van der Waals surface area contributed by atoms with Crippen LogP contribution in [0.15, 0.2) is 83.8 Å². The Labute approximate surface area is 170 Å². The van der Waals surface area contributed by atoms with Crippen LogP contribution in [0.4, 0.5) is 4.39 Å². The molecule has 144 valence electrons. The van der Waals surface area contributed by atoms with Crippen LogP contribution in [0.3, 0.4) is 0 Å². The standard InChI is InChI=1S/C25H15FN2O2/c26-21-8-4-1-5-15(21)14-30-16-9-10-22-20(13-16)18-11-12-27-23-17-6-2-3-7-19(17)25(29)28(22)24(18)23/h1-13H,14H2. The predicted octanol–water partition coefficient (Wildman–Crippen LogP) is 5.31. The predicted molar refractivity (Wildman–Crippen MR) is 116 cm³/mol. The third-order valence-corrected chi connectivity index (χ3v) is 5.61. The highest BCUT2D eigenvalue weighted by Crippen LogP contribution is 2.34. The molecule has 0 aliphatic heterocycles. The van der Waals surface area contributed by atoms with Crippen molar-refractivity contribution < 1.29 is 9.13 Å². The van der Waals surface area contributed by atoms with E-state index in [1.54, 1.807) is 28.8 Å². The Hall–Kier alpha value is -3.99. The molecule has 30 heavy (non-hydrogen) atoms. The molecule has 5 heteroatoms. The van der Waals surface area contributed by atoms with Crippen molar-refractivity contribution >= 4 is 38.1 Å². The molecule has 6 aromatic rings. The van der Waals surface area contributed by atoms with Gasteiger partial charge in [-0.25, -0.2) is 4.39 Å². The van der Waals surface area contributed by atoms with Gasteiger partial charge in [0.1, 0.15) is 18.2 Å². The van der Waals surface area contributed by atoms with Crippen molar-refractivity contribution in [2.24, 2.45) is 0 Å². The fourth-order valence-electron chi connectivity index (χ4n) is 4.21. The minimum atomic E-state index is -0.292. The lowest BCUT2D eigenvalue weighted by Gasteiger charge is -2.07. The molecule has 6 rings (SSSR count). The second-order valence-electron chi connectivity index (χ2n) is 7.30. The summed E-state index contributed by atoms with van der Waals surface area (Å²) in [5, 5.41) is 3.33. The second kappa shape index (κ2) is 6.26. The van der Waals surface area contributed by atoms with E-state index in [1.807, 2.05) is 48.5 Å². The van der Waals surface area contributed by atoms with E-state index in [2.05, 4.69) is 4.98 Å². The summed E-state index contributed by atoms with van der Waals surface area (Å²) in [6.45, 7) is 0.133. The van der Waals surface area contributed by atoms with Crippen molar-refractivity contribution in [3.8, 4) is 5.75 Å². The van der Waals surface area contributed by atoms with E-state index in [0.717, 1.165) is 32.7 Å². The summed E-state index contributed by atoms with van der Waals surface area (Å²) in [6, 6.07) is 21.6. The van der Waals surface area contributed by atoms with Crippen molar-refractivity contribution in [3.05, 3.63) is 101 Å². The molecule has 3 heterocycles. The first-order valence-corrected chi connectivity index (χ1v) is 9.66.